The van der Waals surface area contributed by atoms with Crippen LogP contribution in [0.5, 0.6) is 0 Å². The van der Waals surface area contributed by atoms with Crippen molar-refractivity contribution in [2.75, 3.05) is 5.32 Å². The lowest BCUT2D eigenvalue weighted by molar-refractivity contribution is -0.117. The second kappa shape index (κ2) is 8.11. The van der Waals surface area contributed by atoms with Gasteiger partial charge in [-0.15, -0.1) is 6.42 Å². The fourth-order valence-corrected chi connectivity index (χ4v) is 5.67. The number of rotatable bonds is 4. The molecule has 4 nitrogen and oxygen atoms in total. The number of hydrogen-bond acceptors (Lipinski definition) is 3. The van der Waals surface area contributed by atoms with Gasteiger partial charge in [0.25, 0.3) is 0 Å². The highest BCUT2D eigenvalue weighted by Gasteiger charge is 2.42. The van der Waals surface area contributed by atoms with Gasteiger partial charge in [-0.05, 0) is 91.3 Å². The predicted molar refractivity (Wildman–Crippen MR) is 119 cm³/mol. The van der Waals surface area contributed by atoms with E-state index in [0.29, 0.717) is 41.5 Å². The van der Waals surface area contributed by atoms with Gasteiger partial charge in [0.1, 0.15) is 11.6 Å². The number of pyridine rings is 2. The molecule has 5 heteroatoms. The molecule has 156 valence electrons. The number of nitrogens with zero attached hydrogens (tertiary/aromatic N) is 2. The Kier molecular flexibility index (Phi) is 5.15. The van der Waals surface area contributed by atoms with Gasteiger partial charge in [0, 0.05) is 29.8 Å². The molecule has 2 saturated carbocycles. The van der Waals surface area contributed by atoms with Gasteiger partial charge >= 0.3 is 0 Å². The predicted octanol–water partition coefficient (Wildman–Crippen LogP) is 5.30. The Labute approximate surface area is 181 Å². The summed E-state index contributed by atoms with van der Waals surface area (Å²) in [5.41, 5.74) is 2.77. The van der Waals surface area contributed by atoms with Gasteiger partial charge in [0.15, 0.2) is 0 Å². The molecule has 3 aromatic rings. The standard InChI is InChI=1S/C26H24FN3O/c1-2-16-3-6-25(29-15-16)30-26(31)11-17-9-18-12-20(13-19(18)10-17)22-7-8-28-24-5-4-21(27)14-23(22)24/h1,3-8,14-15,17-20H,9-13H2,(H,29,30,31)/t17-,18-,19?,20?/m1/s1. The summed E-state index contributed by atoms with van der Waals surface area (Å²) in [6.07, 6.45) is 13.7. The maximum absolute atomic E-state index is 13.8. The first-order chi connectivity index (χ1) is 15.1. The van der Waals surface area contributed by atoms with Crippen LogP contribution >= 0.6 is 0 Å². The van der Waals surface area contributed by atoms with E-state index in [9.17, 15) is 9.18 Å². The molecule has 1 aromatic carbocycles. The molecular weight excluding hydrogens is 389 g/mol. The number of terminal acetylenes is 1. The molecule has 2 aliphatic carbocycles. The van der Waals surface area contributed by atoms with Crippen molar-refractivity contribution in [1.29, 1.82) is 0 Å². The molecule has 2 aromatic heterocycles. The van der Waals surface area contributed by atoms with Crippen molar-refractivity contribution in [3.8, 4) is 12.3 Å². The summed E-state index contributed by atoms with van der Waals surface area (Å²) in [5.74, 6) is 4.97. The maximum Gasteiger partial charge on any atom is 0.225 e. The minimum Gasteiger partial charge on any atom is -0.311 e. The van der Waals surface area contributed by atoms with E-state index < -0.39 is 0 Å². The van der Waals surface area contributed by atoms with E-state index in [2.05, 4.69) is 27.3 Å². The Morgan fingerprint density at radius 1 is 1.10 bits per heavy atom. The van der Waals surface area contributed by atoms with Gasteiger partial charge < -0.3 is 5.32 Å². The van der Waals surface area contributed by atoms with Crippen molar-refractivity contribution in [1.82, 2.24) is 9.97 Å². The molecule has 0 aliphatic heterocycles. The van der Waals surface area contributed by atoms with E-state index in [1.54, 1.807) is 30.5 Å². The normalized spacial score (nSPS) is 24.6. The Morgan fingerprint density at radius 2 is 1.90 bits per heavy atom. The number of halogens is 1. The molecule has 1 amide bonds. The zero-order chi connectivity index (χ0) is 21.4. The zero-order valence-corrected chi connectivity index (χ0v) is 17.2. The van der Waals surface area contributed by atoms with Crippen molar-refractivity contribution in [3.05, 3.63) is 65.7 Å². The van der Waals surface area contributed by atoms with Crippen LogP contribution in [-0.4, -0.2) is 15.9 Å². The summed E-state index contributed by atoms with van der Waals surface area (Å²) in [7, 11) is 0. The van der Waals surface area contributed by atoms with Crippen LogP contribution in [-0.2, 0) is 4.79 Å². The average molecular weight is 413 g/mol. The lowest BCUT2D eigenvalue weighted by atomic mass is 9.89. The largest absolute Gasteiger partial charge is 0.311 e. The highest BCUT2D eigenvalue weighted by Crippen LogP contribution is 2.53. The first-order valence-corrected chi connectivity index (χ1v) is 10.9. The Balaban J connectivity index is 1.20. The van der Waals surface area contributed by atoms with Crippen molar-refractivity contribution in [2.24, 2.45) is 17.8 Å². The number of anilines is 1. The number of carbonyl (C=O) groups is 1. The third-order valence-electron chi connectivity index (χ3n) is 6.96. The molecule has 5 rings (SSSR count). The van der Waals surface area contributed by atoms with Crippen LogP contribution in [0, 0.1) is 35.9 Å². The summed E-state index contributed by atoms with van der Waals surface area (Å²) in [5, 5.41) is 3.82. The molecule has 2 heterocycles. The number of carbonyl (C=O) groups excluding carboxylic acids is 1. The smallest absolute Gasteiger partial charge is 0.225 e. The molecule has 0 spiro atoms. The van der Waals surface area contributed by atoms with Crippen LogP contribution in [0.2, 0.25) is 0 Å². The Hall–Kier alpha value is -3.26. The fraction of sp³-hybridized carbons (Fsp3) is 0.346. The minimum atomic E-state index is -0.213. The van der Waals surface area contributed by atoms with Crippen LogP contribution in [0.4, 0.5) is 10.2 Å². The van der Waals surface area contributed by atoms with E-state index in [1.807, 2.05) is 6.20 Å². The first-order valence-electron chi connectivity index (χ1n) is 10.9. The third-order valence-corrected chi connectivity index (χ3v) is 6.96. The van der Waals surface area contributed by atoms with Crippen LogP contribution < -0.4 is 5.32 Å². The van der Waals surface area contributed by atoms with Crippen LogP contribution in [0.15, 0.2) is 48.8 Å². The maximum atomic E-state index is 13.8. The zero-order valence-electron chi connectivity index (χ0n) is 17.2. The number of fused-ring (bicyclic) bond motifs is 2. The number of hydrogen-bond donors (Lipinski definition) is 1. The summed E-state index contributed by atoms with van der Waals surface area (Å²) in [6.45, 7) is 0. The van der Waals surface area contributed by atoms with E-state index in [-0.39, 0.29) is 11.7 Å². The fourth-order valence-electron chi connectivity index (χ4n) is 5.67. The number of benzene rings is 1. The third kappa shape index (κ3) is 4.03. The topological polar surface area (TPSA) is 54.9 Å². The molecule has 0 bridgehead atoms. The van der Waals surface area contributed by atoms with E-state index in [4.69, 9.17) is 6.42 Å². The van der Waals surface area contributed by atoms with Crippen molar-refractivity contribution in [3.63, 3.8) is 0 Å². The van der Waals surface area contributed by atoms with Gasteiger partial charge in [-0.25, -0.2) is 9.37 Å². The molecule has 31 heavy (non-hydrogen) atoms. The van der Waals surface area contributed by atoms with Gasteiger partial charge in [0.2, 0.25) is 5.91 Å². The van der Waals surface area contributed by atoms with E-state index in [0.717, 1.165) is 36.6 Å². The second-order valence-corrected chi connectivity index (χ2v) is 8.92. The molecule has 2 aliphatic rings. The lowest BCUT2D eigenvalue weighted by Crippen LogP contribution is -2.16. The van der Waals surface area contributed by atoms with E-state index in [1.165, 1.54) is 11.6 Å². The lowest BCUT2D eigenvalue weighted by Gasteiger charge is -2.17. The molecule has 2 unspecified atom stereocenters. The highest BCUT2D eigenvalue weighted by molar-refractivity contribution is 5.90. The van der Waals surface area contributed by atoms with Crippen LogP contribution in [0.25, 0.3) is 10.9 Å². The molecule has 0 radical (unpaired) electrons. The van der Waals surface area contributed by atoms with Gasteiger partial charge in [0.05, 0.1) is 5.52 Å². The number of nitrogens with one attached hydrogen (secondary N) is 1. The van der Waals surface area contributed by atoms with Crippen molar-refractivity contribution >= 4 is 22.6 Å². The quantitative estimate of drug-likeness (QED) is 0.591. The molecule has 4 atom stereocenters. The van der Waals surface area contributed by atoms with E-state index >= 15 is 0 Å². The molecule has 2 fully saturated rings. The summed E-state index contributed by atoms with van der Waals surface area (Å²) < 4.78 is 13.8. The van der Waals surface area contributed by atoms with Crippen molar-refractivity contribution in [2.45, 2.75) is 38.0 Å². The SMILES string of the molecule is C#Cc1ccc(NC(=O)C[C@H]2CC3CC(c4ccnc5ccc(F)cc45)C[C@H]3C2)nc1. The summed E-state index contributed by atoms with van der Waals surface area (Å²) in [4.78, 5) is 21.1. The monoisotopic (exact) mass is 413 g/mol. The van der Waals surface area contributed by atoms with Gasteiger partial charge in [-0.1, -0.05) is 5.92 Å². The summed E-state index contributed by atoms with van der Waals surface area (Å²) >= 11 is 0. The first kappa shape index (κ1) is 19.7. The van der Waals surface area contributed by atoms with Crippen LogP contribution in [0.3, 0.4) is 0 Å². The minimum absolute atomic E-state index is 0.0121. The number of aromatic nitrogens is 2. The molecular formula is C26H24FN3O. The summed E-state index contributed by atoms with van der Waals surface area (Å²) in [6, 6.07) is 10.4. The molecule has 0 saturated heterocycles. The number of amides is 1. The van der Waals surface area contributed by atoms with Gasteiger partial charge in [-0.3, -0.25) is 9.78 Å². The van der Waals surface area contributed by atoms with Gasteiger partial charge in [-0.2, -0.15) is 0 Å². The molecule has 1 N–H and O–H groups in total. The van der Waals surface area contributed by atoms with Crippen LogP contribution in [0.1, 0.15) is 49.1 Å². The van der Waals surface area contributed by atoms with Crippen molar-refractivity contribution < 1.29 is 9.18 Å². The highest BCUT2D eigenvalue weighted by atomic mass is 19.1. The Bertz CT molecular complexity index is 1150. The Morgan fingerprint density at radius 3 is 2.61 bits per heavy atom. The average Bonchev–Trinajstić information content (AvgIpc) is 3.32. The second-order valence-electron chi connectivity index (χ2n) is 8.92.